The Morgan fingerprint density at radius 1 is 1.44 bits per heavy atom. The molecular formula is C19H24BrN3O3S. The number of ether oxygens (including phenoxy) is 2. The predicted molar refractivity (Wildman–Crippen MR) is 113 cm³/mol. The molecular weight excluding hydrogens is 430 g/mol. The van der Waals surface area contributed by atoms with Crippen LogP contribution in [-0.4, -0.2) is 30.4 Å². The first-order valence-electron chi connectivity index (χ1n) is 8.79. The molecule has 0 unspecified atom stereocenters. The van der Waals surface area contributed by atoms with Gasteiger partial charge in [-0.25, -0.2) is 4.98 Å². The van der Waals surface area contributed by atoms with Crippen molar-refractivity contribution in [3.05, 3.63) is 39.3 Å². The lowest BCUT2D eigenvalue weighted by molar-refractivity contribution is -0.142. The number of hydrogen-bond acceptors (Lipinski definition) is 7. The van der Waals surface area contributed by atoms with E-state index < -0.39 is 0 Å². The van der Waals surface area contributed by atoms with E-state index >= 15 is 0 Å². The number of aromatic nitrogens is 1. The minimum Gasteiger partial charge on any atom is -0.493 e. The van der Waals surface area contributed by atoms with Gasteiger partial charge in [-0.05, 0) is 37.5 Å². The molecule has 0 aliphatic heterocycles. The second kappa shape index (κ2) is 11.0. The molecule has 0 spiro atoms. The fraction of sp³-hybridized carbons (Fsp3) is 0.421. The van der Waals surface area contributed by atoms with Gasteiger partial charge in [0.2, 0.25) is 5.13 Å². The van der Waals surface area contributed by atoms with Crippen LogP contribution in [0.3, 0.4) is 0 Å². The zero-order chi connectivity index (χ0) is 19.6. The van der Waals surface area contributed by atoms with E-state index in [4.69, 9.17) is 9.47 Å². The Morgan fingerprint density at radius 2 is 2.26 bits per heavy atom. The highest BCUT2D eigenvalue weighted by molar-refractivity contribution is 9.10. The number of esters is 1. The van der Waals surface area contributed by atoms with Gasteiger partial charge in [0, 0.05) is 15.4 Å². The van der Waals surface area contributed by atoms with Crippen LogP contribution in [0.2, 0.25) is 0 Å². The summed E-state index contributed by atoms with van der Waals surface area (Å²) in [5.74, 6) is 1.09. The normalized spacial score (nSPS) is 11.1. The number of benzene rings is 1. The molecule has 8 heteroatoms. The minimum atomic E-state index is -0.282. The second-order valence-electron chi connectivity index (χ2n) is 6.21. The summed E-state index contributed by atoms with van der Waals surface area (Å²) in [4.78, 5) is 15.8. The van der Waals surface area contributed by atoms with Crippen LogP contribution in [-0.2, 0) is 16.0 Å². The number of rotatable bonds is 10. The quantitative estimate of drug-likeness (QED) is 0.315. The monoisotopic (exact) mass is 453 g/mol. The molecule has 0 amide bonds. The molecule has 2 rings (SSSR count). The van der Waals surface area contributed by atoms with Gasteiger partial charge in [-0.2, -0.15) is 5.10 Å². The van der Waals surface area contributed by atoms with E-state index in [1.807, 2.05) is 23.6 Å². The van der Waals surface area contributed by atoms with Gasteiger partial charge in [0.15, 0.2) is 0 Å². The van der Waals surface area contributed by atoms with Crippen molar-refractivity contribution in [2.75, 3.05) is 18.6 Å². The Morgan fingerprint density at radius 3 is 3.00 bits per heavy atom. The number of carbonyl (C=O) groups excluding carboxylic acids is 1. The van der Waals surface area contributed by atoms with Crippen LogP contribution < -0.4 is 10.2 Å². The first kappa shape index (κ1) is 21.4. The molecule has 1 aromatic heterocycles. The van der Waals surface area contributed by atoms with E-state index in [1.54, 1.807) is 13.1 Å². The molecule has 0 saturated heterocycles. The van der Waals surface area contributed by atoms with Gasteiger partial charge in [-0.3, -0.25) is 10.2 Å². The summed E-state index contributed by atoms with van der Waals surface area (Å²) in [5, 5.41) is 6.67. The van der Waals surface area contributed by atoms with Crippen LogP contribution in [0.4, 0.5) is 5.13 Å². The maximum Gasteiger partial charge on any atom is 0.311 e. The second-order valence-corrected chi connectivity index (χ2v) is 7.98. The standard InChI is InChI=1S/C19H24BrN3O3S/c1-4-25-18(24)10-16-12-27-19(22-16)23-21-11-14-9-15(20)5-6-17(14)26-8-7-13(2)3/h5-6,9,11-13H,4,7-8,10H2,1-3H3,(H,22,23). The molecule has 0 atom stereocenters. The topological polar surface area (TPSA) is 72.8 Å². The molecule has 1 N–H and O–H groups in total. The zero-order valence-corrected chi connectivity index (χ0v) is 18.1. The summed E-state index contributed by atoms with van der Waals surface area (Å²) in [7, 11) is 0. The first-order valence-corrected chi connectivity index (χ1v) is 10.5. The molecule has 1 aromatic carbocycles. The zero-order valence-electron chi connectivity index (χ0n) is 15.7. The number of halogens is 1. The van der Waals surface area contributed by atoms with Crippen molar-refractivity contribution in [2.45, 2.75) is 33.6 Å². The maximum absolute atomic E-state index is 11.5. The highest BCUT2D eigenvalue weighted by Gasteiger charge is 2.08. The molecule has 6 nitrogen and oxygen atoms in total. The molecule has 0 aliphatic carbocycles. The van der Waals surface area contributed by atoms with Gasteiger partial charge in [0.05, 0.1) is 31.5 Å². The van der Waals surface area contributed by atoms with E-state index in [1.165, 1.54) is 11.3 Å². The van der Waals surface area contributed by atoms with Crippen molar-refractivity contribution in [1.82, 2.24) is 4.98 Å². The summed E-state index contributed by atoms with van der Waals surface area (Å²) >= 11 is 4.86. The van der Waals surface area contributed by atoms with Crippen LogP contribution in [0.1, 0.15) is 38.4 Å². The Kier molecular flexibility index (Phi) is 8.74. The summed E-state index contributed by atoms with van der Waals surface area (Å²) in [6.45, 7) is 7.15. The number of hydrogen-bond donors (Lipinski definition) is 1. The van der Waals surface area contributed by atoms with E-state index in [2.05, 4.69) is 45.3 Å². The Hall–Kier alpha value is -1.93. The number of nitrogens with zero attached hydrogens (tertiary/aromatic N) is 2. The van der Waals surface area contributed by atoms with Gasteiger partial charge in [-0.15, -0.1) is 11.3 Å². The van der Waals surface area contributed by atoms with Gasteiger partial charge >= 0.3 is 5.97 Å². The third kappa shape index (κ3) is 7.68. The lowest BCUT2D eigenvalue weighted by Crippen LogP contribution is -2.07. The molecule has 1 heterocycles. The van der Waals surface area contributed by atoms with Gasteiger partial charge < -0.3 is 9.47 Å². The summed E-state index contributed by atoms with van der Waals surface area (Å²) in [6, 6.07) is 5.81. The molecule has 146 valence electrons. The third-order valence-electron chi connectivity index (χ3n) is 3.47. The van der Waals surface area contributed by atoms with Crippen molar-refractivity contribution in [2.24, 2.45) is 11.0 Å². The Labute approximate surface area is 172 Å². The summed E-state index contributed by atoms with van der Waals surface area (Å²) in [6.07, 6.45) is 2.85. The summed E-state index contributed by atoms with van der Waals surface area (Å²) < 4.78 is 11.7. The lowest BCUT2D eigenvalue weighted by Gasteiger charge is -2.10. The molecule has 0 aliphatic rings. The molecule has 0 saturated carbocycles. The van der Waals surface area contributed by atoms with Gasteiger partial charge in [0.25, 0.3) is 0 Å². The van der Waals surface area contributed by atoms with Crippen LogP contribution in [0, 0.1) is 5.92 Å². The number of anilines is 1. The van der Waals surface area contributed by atoms with Crippen molar-refractivity contribution in [3.8, 4) is 5.75 Å². The molecule has 0 radical (unpaired) electrons. The van der Waals surface area contributed by atoms with Crippen LogP contribution in [0.15, 0.2) is 33.2 Å². The maximum atomic E-state index is 11.5. The number of carbonyl (C=O) groups is 1. The van der Waals surface area contributed by atoms with Crippen molar-refractivity contribution >= 4 is 44.6 Å². The highest BCUT2D eigenvalue weighted by atomic mass is 79.9. The molecule has 2 aromatic rings. The van der Waals surface area contributed by atoms with Crippen molar-refractivity contribution < 1.29 is 14.3 Å². The molecule has 0 bridgehead atoms. The van der Waals surface area contributed by atoms with Crippen molar-refractivity contribution in [1.29, 1.82) is 0 Å². The van der Waals surface area contributed by atoms with Gasteiger partial charge in [-0.1, -0.05) is 29.8 Å². The Balaban J connectivity index is 1.96. The first-order chi connectivity index (χ1) is 13.0. The van der Waals surface area contributed by atoms with Crippen LogP contribution in [0.25, 0.3) is 0 Å². The minimum absolute atomic E-state index is 0.162. The molecule has 0 fully saturated rings. The largest absolute Gasteiger partial charge is 0.493 e. The fourth-order valence-electron chi connectivity index (χ4n) is 2.11. The Bertz CT molecular complexity index is 777. The SMILES string of the molecule is CCOC(=O)Cc1csc(NN=Cc2cc(Br)ccc2OCCC(C)C)n1. The summed E-state index contributed by atoms with van der Waals surface area (Å²) in [5.41, 5.74) is 4.42. The van der Waals surface area contributed by atoms with E-state index in [0.29, 0.717) is 30.0 Å². The van der Waals surface area contributed by atoms with Crippen LogP contribution in [0.5, 0.6) is 5.75 Å². The van der Waals surface area contributed by atoms with Crippen LogP contribution >= 0.6 is 27.3 Å². The fourth-order valence-corrected chi connectivity index (χ4v) is 3.15. The predicted octanol–water partition coefficient (Wildman–Crippen LogP) is 4.88. The molecule has 27 heavy (non-hydrogen) atoms. The van der Waals surface area contributed by atoms with Crippen molar-refractivity contribution in [3.63, 3.8) is 0 Å². The highest BCUT2D eigenvalue weighted by Crippen LogP contribution is 2.23. The average molecular weight is 454 g/mol. The van der Waals surface area contributed by atoms with Gasteiger partial charge in [0.1, 0.15) is 5.75 Å². The smallest absolute Gasteiger partial charge is 0.311 e. The van der Waals surface area contributed by atoms with E-state index in [0.717, 1.165) is 22.2 Å². The average Bonchev–Trinajstić information content (AvgIpc) is 3.04. The number of hydrazone groups is 1. The van der Waals surface area contributed by atoms with E-state index in [9.17, 15) is 4.79 Å². The third-order valence-corrected chi connectivity index (χ3v) is 4.76. The number of nitrogens with one attached hydrogen (secondary N) is 1. The van der Waals surface area contributed by atoms with E-state index in [-0.39, 0.29) is 12.4 Å². The number of thiazole rings is 1. The lowest BCUT2D eigenvalue weighted by atomic mass is 10.1.